The van der Waals surface area contributed by atoms with Crippen molar-refractivity contribution >= 4 is 44.5 Å². The minimum atomic E-state index is -0.846. The highest BCUT2D eigenvalue weighted by atomic mass is 35.5. The van der Waals surface area contributed by atoms with Gasteiger partial charge in [-0.05, 0) is 56.6 Å². The van der Waals surface area contributed by atoms with Crippen molar-refractivity contribution in [3.05, 3.63) is 39.4 Å². The number of esters is 1. The van der Waals surface area contributed by atoms with Gasteiger partial charge in [-0.15, -0.1) is 0 Å². The van der Waals surface area contributed by atoms with Gasteiger partial charge in [-0.1, -0.05) is 32.4 Å². The molecule has 1 amide bonds. The van der Waals surface area contributed by atoms with Crippen molar-refractivity contribution in [2.75, 3.05) is 38.2 Å². The highest BCUT2D eigenvalue weighted by molar-refractivity contribution is 8.32. The van der Waals surface area contributed by atoms with Gasteiger partial charge in [0, 0.05) is 23.9 Å². The Morgan fingerprint density at radius 2 is 1.78 bits per heavy atom. The van der Waals surface area contributed by atoms with E-state index in [9.17, 15) is 14.4 Å². The summed E-state index contributed by atoms with van der Waals surface area (Å²) in [6, 6.07) is 3.25. The van der Waals surface area contributed by atoms with Crippen LogP contribution in [0.25, 0.3) is 22.3 Å². The van der Waals surface area contributed by atoms with Crippen LogP contribution in [0, 0.1) is 5.41 Å². The smallest absolute Gasteiger partial charge is 0.327 e. The Balaban J connectivity index is 2.20. The fraction of sp³-hybridized carbons (Fsp3) is 0.552. The first-order valence-corrected chi connectivity index (χ1v) is 16.7. The number of carbonyl (C=O) groups excluding carboxylic acids is 2. The Labute approximate surface area is 248 Å². The molecule has 0 saturated carbocycles. The van der Waals surface area contributed by atoms with Gasteiger partial charge in [-0.2, -0.15) is 5.10 Å². The predicted octanol–water partition coefficient (Wildman–Crippen LogP) is 4.64. The second-order valence-corrected chi connectivity index (χ2v) is 18.0. The Bertz CT molecular complexity index is 1510. The number of aryl methyl sites for hydroxylation is 1. The molecule has 0 atom stereocenters. The number of fused-ring (bicyclic) bond motifs is 1. The number of hydrogen-bond acceptors (Lipinski definition) is 7. The minimum Gasteiger partial charge on any atom is -0.490 e. The Kier molecular flexibility index (Phi) is 9.54. The maximum absolute atomic E-state index is 13.8. The van der Waals surface area contributed by atoms with Crippen molar-refractivity contribution in [1.82, 2.24) is 24.6 Å². The first-order chi connectivity index (χ1) is 18.8. The van der Waals surface area contributed by atoms with E-state index in [0.29, 0.717) is 12.2 Å². The van der Waals surface area contributed by atoms with E-state index in [1.807, 2.05) is 13.8 Å². The molecule has 1 aromatic carbocycles. The van der Waals surface area contributed by atoms with E-state index in [0.717, 1.165) is 12.2 Å². The number of hydrogen-bond donors (Lipinski definition) is 1. The molecule has 0 saturated heterocycles. The van der Waals surface area contributed by atoms with Crippen LogP contribution >= 0.6 is 21.6 Å². The van der Waals surface area contributed by atoms with Crippen LogP contribution in [0.3, 0.4) is 0 Å². The van der Waals surface area contributed by atoms with Crippen molar-refractivity contribution in [2.45, 2.75) is 53.1 Å². The summed E-state index contributed by atoms with van der Waals surface area (Å²) in [5, 5.41) is 8.10. The van der Waals surface area contributed by atoms with Gasteiger partial charge in [0.15, 0.2) is 11.4 Å². The highest BCUT2D eigenvalue weighted by Crippen LogP contribution is 2.38. The summed E-state index contributed by atoms with van der Waals surface area (Å²) in [5.74, 6) is 0.191. The highest BCUT2D eigenvalue weighted by Gasteiger charge is 2.30. The van der Waals surface area contributed by atoms with E-state index in [1.54, 1.807) is 19.2 Å². The first-order valence-electron chi connectivity index (χ1n) is 13.3. The lowest BCUT2D eigenvalue weighted by Gasteiger charge is -2.33. The van der Waals surface area contributed by atoms with Crippen LogP contribution in [-0.2, 0) is 23.1 Å². The summed E-state index contributed by atoms with van der Waals surface area (Å²) < 4.78 is 13.6. The molecule has 0 radical (unpaired) electrons. The quantitative estimate of drug-likeness (QED) is 0.334. The van der Waals surface area contributed by atoms with E-state index in [2.05, 4.69) is 54.9 Å². The van der Waals surface area contributed by atoms with Gasteiger partial charge in [0.1, 0.15) is 17.6 Å². The molecule has 0 unspecified atom stereocenters. The lowest BCUT2D eigenvalue weighted by Crippen LogP contribution is -2.46. The molecule has 0 fully saturated rings. The standard InChI is InChI=1S/C29H42ClN5O5S/c1-28(2,3)16-29(4,5)32-26(37)19-13-18(14-20(30)24(19)40-11-12-41(8,9)10)23-22-25(31-17-34(6)27(22)38)35(33-23)15-21(36)39-7/h13-14,17H,11-12,15-16H2,1-10H3,(H,32,37). The molecule has 0 bridgehead atoms. The van der Waals surface area contributed by atoms with E-state index in [4.69, 9.17) is 21.1 Å². The van der Waals surface area contributed by atoms with Crippen LogP contribution in [0.4, 0.5) is 0 Å². The van der Waals surface area contributed by atoms with Crippen molar-refractivity contribution in [1.29, 1.82) is 0 Å². The van der Waals surface area contributed by atoms with Gasteiger partial charge in [0.2, 0.25) is 0 Å². The predicted molar refractivity (Wildman–Crippen MR) is 167 cm³/mol. The largest absolute Gasteiger partial charge is 0.490 e. The molecule has 12 heteroatoms. The average molecular weight is 608 g/mol. The third kappa shape index (κ3) is 8.25. The van der Waals surface area contributed by atoms with Gasteiger partial charge >= 0.3 is 5.97 Å². The number of ether oxygens (including phenoxy) is 2. The van der Waals surface area contributed by atoms with Crippen LogP contribution in [-0.4, -0.2) is 75.0 Å². The third-order valence-corrected chi connectivity index (χ3v) is 7.92. The number of amides is 1. The van der Waals surface area contributed by atoms with Crippen LogP contribution < -0.4 is 15.6 Å². The maximum Gasteiger partial charge on any atom is 0.327 e. The molecule has 2 heterocycles. The minimum absolute atomic E-state index is 0.0243. The monoisotopic (exact) mass is 607 g/mol. The molecule has 0 spiro atoms. The first kappa shape index (κ1) is 32.5. The number of aromatic nitrogens is 4. The van der Waals surface area contributed by atoms with E-state index in [-0.39, 0.29) is 56.5 Å². The summed E-state index contributed by atoms with van der Waals surface area (Å²) in [7, 11) is 2.00. The molecular formula is C29H42ClN5O5S. The summed E-state index contributed by atoms with van der Waals surface area (Å²) in [5.41, 5.74) is 0.200. The number of methoxy groups -OCH3 is 1. The number of nitrogens with zero attached hydrogens (tertiary/aromatic N) is 4. The fourth-order valence-corrected chi connectivity index (χ4v) is 5.69. The van der Waals surface area contributed by atoms with Crippen molar-refractivity contribution in [2.24, 2.45) is 12.5 Å². The number of rotatable bonds is 10. The Hall–Kier alpha value is -3.05. The normalized spacial score (nSPS) is 12.9. The number of benzene rings is 1. The van der Waals surface area contributed by atoms with E-state index in [1.165, 1.54) is 22.7 Å². The van der Waals surface area contributed by atoms with Crippen molar-refractivity contribution in [3.63, 3.8) is 0 Å². The van der Waals surface area contributed by atoms with Crippen LogP contribution in [0.5, 0.6) is 5.75 Å². The molecule has 0 aliphatic rings. The molecule has 41 heavy (non-hydrogen) atoms. The zero-order valence-corrected chi connectivity index (χ0v) is 27.2. The second-order valence-electron chi connectivity index (χ2n) is 13.0. The van der Waals surface area contributed by atoms with Crippen LogP contribution in [0.2, 0.25) is 5.02 Å². The molecule has 10 nitrogen and oxygen atoms in total. The molecular weight excluding hydrogens is 566 g/mol. The molecule has 0 aliphatic heterocycles. The topological polar surface area (TPSA) is 117 Å². The lowest BCUT2D eigenvalue weighted by atomic mass is 9.81. The van der Waals surface area contributed by atoms with Crippen molar-refractivity contribution in [3.8, 4) is 17.0 Å². The molecule has 226 valence electrons. The van der Waals surface area contributed by atoms with Gasteiger partial charge in [0.25, 0.3) is 11.5 Å². The summed E-state index contributed by atoms with van der Waals surface area (Å²) in [6.07, 6.45) is 8.66. The Morgan fingerprint density at radius 1 is 1.12 bits per heavy atom. The Morgan fingerprint density at radius 3 is 2.37 bits per heavy atom. The van der Waals surface area contributed by atoms with Gasteiger partial charge in [-0.3, -0.25) is 14.4 Å². The lowest BCUT2D eigenvalue weighted by molar-refractivity contribution is -0.141. The van der Waals surface area contributed by atoms with Gasteiger partial charge in [0.05, 0.1) is 30.6 Å². The molecule has 1 N–H and O–H groups in total. The molecule has 3 rings (SSSR count). The number of halogens is 1. The van der Waals surface area contributed by atoms with Crippen LogP contribution in [0.1, 0.15) is 51.4 Å². The van der Waals surface area contributed by atoms with Gasteiger partial charge < -0.3 is 19.4 Å². The maximum atomic E-state index is 13.8. The summed E-state index contributed by atoms with van der Waals surface area (Å²) in [4.78, 5) is 43.5. The van der Waals surface area contributed by atoms with Gasteiger partial charge in [-0.25, -0.2) is 19.7 Å². The van der Waals surface area contributed by atoms with Crippen molar-refractivity contribution < 1.29 is 19.1 Å². The molecule has 3 aromatic rings. The second kappa shape index (κ2) is 12.1. The zero-order valence-electron chi connectivity index (χ0n) is 25.7. The molecule has 0 aliphatic carbocycles. The number of carbonyl (C=O) groups is 2. The zero-order chi connectivity index (χ0) is 30.9. The van der Waals surface area contributed by atoms with E-state index < -0.39 is 21.5 Å². The fourth-order valence-electron chi connectivity index (χ4n) is 4.83. The summed E-state index contributed by atoms with van der Waals surface area (Å²) in [6.45, 7) is 10.4. The van der Waals surface area contributed by atoms with Crippen LogP contribution in [0.15, 0.2) is 23.3 Å². The summed E-state index contributed by atoms with van der Waals surface area (Å²) >= 11 is 6.79. The molecule has 2 aromatic heterocycles. The average Bonchev–Trinajstić information content (AvgIpc) is 3.18. The third-order valence-electron chi connectivity index (χ3n) is 6.25. The SMILES string of the molecule is COC(=O)Cn1nc(-c2cc(Cl)c(OCCS(C)(C)C)c(C(=O)NC(C)(C)CC(C)(C)C)c2)c2c(=O)n(C)cnc21. The van der Waals surface area contributed by atoms with E-state index >= 15 is 0 Å². The number of nitrogens with one attached hydrogen (secondary N) is 1.